The maximum Gasteiger partial charge on any atom is 0.222 e. The zero-order chi connectivity index (χ0) is 17.1. The van der Waals surface area contributed by atoms with Crippen LogP contribution in [0.3, 0.4) is 0 Å². The zero-order valence-electron chi connectivity index (χ0n) is 16.3. The Hall–Kier alpha value is -0.0700. The number of halogens is 2. The summed E-state index contributed by atoms with van der Waals surface area (Å²) in [6.07, 6.45) is 7.05. The molecule has 0 aromatic rings. The Morgan fingerprint density at radius 2 is 1.65 bits per heavy atom. The summed E-state index contributed by atoms with van der Waals surface area (Å²) in [5, 5.41) is 0. The number of amides is 1. The van der Waals surface area contributed by atoms with Gasteiger partial charge in [0.2, 0.25) is 5.91 Å². The van der Waals surface area contributed by atoms with Gasteiger partial charge in [-0.3, -0.25) is 9.69 Å². The lowest BCUT2D eigenvalue weighted by molar-refractivity contribution is -0.133. The molecule has 3 fully saturated rings. The second kappa shape index (κ2) is 11.1. The number of morpholine rings is 1. The lowest BCUT2D eigenvalue weighted by Gasteiger charge is -2.39. The van der Waals surface area contributed by atoms with E-state index in [1.54, 1.807) is 0 Å². The molecule has 5 nitrogen and oxygen atoms in total. The topological polar surface area (TPSA) is 58.8 Å². The van der Waals surface area contributed by atoms with Gasteiger partial charge in [-0.05, 0) is 51.4 Å². The summed E-state index contributed by atoms with van der Waals surface area (Å²) in [4.78, 5) is 17.2. The monoisotopic (exact) mass is 409 g/mol. The summed E-state index contributed by atoms with van der Waals surface area (Å²) in [6, 6.07) is 0.247. The molecule has 0 radical (unpaired) electrons. The minimum absolute atomic E-state index is 0. The van der Waals surface area contributed by atoms with Gasteiger partial charge in [-0.15, -0.1) is 24.8 Å². The van der Waals surface area contributed by atoms with Crippen LogP contribution in [0.4, 0.5) is 0 Å². The van der Waals surface area contributed by atoms with Crippen LogP contribution in [0.25, 0.3) is 0 Å². The largest absolute Gasteiger partial charge is 0.373 e. The van der Waals surface area contributed by atoms with Gasteiger partial charge in [0.25, 0.3) is 0 Å². The van der Waals surface area contributed by atoms with E-state index in [9.17, 15) is 4.79 Å². The minimum Gasteiger partial charge on any atom is -0.373 e. The molecular weight excluding hydrogens is 373 g/mol. The van der Waals surface area contributed by atoms with Crippen LogP contribution in [0.1, 0.15) is 52.4 Å². The molecule has 1 saturated carbocycles. The summed E-state index contributed by atoms with van der Waals surface area (Å²) in [5.74, 6) is 1.48. The van der Waals surface area contributed by atoms with E-state index >= 15 is 0 Å². The molecule has 7 heteroatoms. The Morgan fingerprint density at radius 1 is 1.04 bits per heavy atom. The van der Waals surface area contributed by atoms with Crippen LogP contribution in [0.5, 0.6) is 0 Å². The summed E-state index contributed by atoms with van der Waals surface area (Å²) >= 11 is 0. The van der Waals surface area contributed by atoms with Crippen molar-refractivity contribution in [1.29, 1.82) is 0 Å². The van der Waals surface area contributed by atoms with Gasteiger partial charge in [0.15, 0.2) is 0 Å². The van der Waals surface area contributed by atoms with Crippen molar-refractivity contribution in [3.05, 3.63) is 0 Å². The third kappa shape index (κ3) is 6.52. The van der Waals surface area contributed by atoms with Gasteiger partial charge in [-0.1, -0.05) is 6.42 Å². The summed E-state index contributed by atoms with van der Waals surface area (Å²) in [7, 11) is 0. The maximum absolute atomic E-state index is 12.5. The van der Waals surface area contributed by atoms with Crippen LogP contribution >= 0.6 is 24.8 Å². The Labute approximate surface area is 171 Å². The average molecular weight is 410 g/mol. The van der Waals surface area contributed by atoms with Crippen LogP contribution in [0, 0.1) is 11.8 Å². The number of rotatable bonds is 4. The fourth-order valence-electron chi connectivity index (χ4n) is 4.84. The van der Waals surface area contributed by atoms with E-state index in [2.05, 4.69) is 23.6 Å². The van der Waals surface area contributed by atoms with Gasteiger partial charge in [0.1, 0.15) is 0 Å². The second-order valence-electron chi connectivity index (χ2n) is 8.36. The molecule has 154 valence electrons. The van der Waals surface area contributed by atoms with Gasteiger partial charge in [-0.2, -0.15) is 0 Å². The van der Waals surface area contributed by atoms with Crippen molar-refractivity contribution in [2.24, 2.45) is 17.6 Å². The second-order valence-corrected chi connectivity index (χ2v) is 8.36. The number of hydrogen-bond acceptors (Lipinski definition) is 4. The van der Waals surface area contributed by atoms with E-state index in [4.69, 9.17) is 10.5 Å². The lowest BCUT2D eigenvalue weighted by atomic mass is 9.94. The number of hydrogen-bond donors (Lipinski definition) is 1. The van der Waals surface area contributed by atoms with Crippen molar-refractivity contribution in [3.8, 4) is 0 Å². The molecule has 2 N–H and O–H groups in total. The molecule has 26 heavy (non-hydrogen) atoms. The van der Waals surface area contributed by atoms with Gasteiger partial charge in [0, 0.05) is 45.2 Å². The van der Waals surface area contributed by atoms with Crippen LogP contribution < -0.4 is 5.73 Å². The SMILES string of the molecule is CC1CN(CC2CCN(C(=O)C[C@@H]3CCC[C@H]3N)CC2)CC(C)O1.Cl.Cl. The fraction of sp³-hybridized carbons (Fsp3) is 0.947. The number of likely N-dealkylation sites (tertiary alicyclic amines) is 1. The van der Waals surface area contributed by atoms with Crippen LogP contribution in [-0.4, -0.2) is 66.7 Å². The quantitative estimate of drug-likeness (QED) is 0.774. The number of carbonyl (C=O) groups is 1. The van der Waals surface area contributed by atoms with E-state index in [1.165, 1.54) is 6.42 Å². The zero-order valence-corrected chi connectivity index (χ0v) is 17.9. The van der Waals surface area contributed by atoms with Gasteiger partial charge in [-0.25, -0.2) is 0 Å². The van der Waals surface area contributed by atoms with E-state index in [-0.39, 0.29) is 30.9 Å². The van der Waals surface area contributed by atoms with E-state index < -0.39 is 0 Å². The first kappa shape index (κ1) is 24.0. The fourth-order valence-corrected chi connectivity index (χ4v) is 4.84. The highest BCUT2D eigenvalue weighted by molar-refractivity contribution is 5.85. The predicted octanol–water partition coefficient (Wildman–Crippen LogP) is 2.70. The minimum atomic E-state index is 0. The first-order valence-corrected chi connectivity index (χ1v) is 9.92. The molecule has 1 aliphatic carbocycles. The number of nitrogens with two attached hydrogens (primary N) is 1. The van der Waals surface area contributed by atoms with Crippen LogP contribution in [0.2, 0.25) is 0 Å². The Kier molecular flexibility index (Phi) is 10.2. The van der Waals surface area contributed by atoms with Crippen LogP contribution in [0.15, 0.2) is 0 Å². The van der Waals surface area contributed by atoms with Crippen molar-refractivity contribution in [2.45, 2.75) is 70.6 Å². The standard InChI is InChI=1S/C19H35N3O2.2ClH/c1-14-11-21(12-15(2)24-14)13-16-6-8-22(9-7-16)19(23)10-17-4-3-5-18(17)20;;/h14-18H,3-13,20H2,1-2H3;2*1H/t14?,15?,17-,18+;;/m0../s1. The highest BCUT2D eigenvalue weighted by Crippen LogP contribution is 2.28. The highest BCUT2D eigenvalue weighted by Gasteiger charge is 2.31. The normalized spacial score (nSPS) is 33.4. The van der Waals surface area contributed by atoms with Crippen molar-refractivity contribution in [3.63, 3.8) is 0 Å². The number of carbonyl (C=O) groups excluding carboxylic acids is 1. The molecule has 0 spiro atoms. The number of nitrogens with zero attached hydrogens (tertiary/aromatic N) is 2. The summed E-state index contributed by atoms with van der Waals surface area (Å²) in [6.45, 7) is 9.44. The van der Waals surface area contributed by atoms with Crippen LogP contribution in [-0.2, 0) is 9.53 Å². The van der Waals surface area contributed by atoms with Gasteiger partial charge < -0.3 is 15.4 Å². The predicted molar refractivity (Wildman–Crippen MR) is 110 cm³/mol. The first-order valence-electron chi connectivity index (χ1n) is 9.92. The summed E-state index contributed by atoms with van der Waals surface area (Å²) < 4.78 is 5.82. The molecule has 0 aromatic carbocycles. The van der Waals surface area contributed by atoms with Crippen molar-refractivity contribution in [1.82, 2.24) is 9.80 Å². The molecule has 2 heterocycles. The Balaban J connectivity index is 0.00000169. The van der Waals surface area contributed by atoms with E-state index in [1.807, 2.05) is 0 Å². The Bertz CT molecular complexity index is 423. The number of piperidine rings is 1. The third-order valence-electron chi connectivity index (χ3n) is 6.13. The Morgan fingerprint density at radius 3 is 2.19 bits per heavy atom. The maximum atomic E-state index is 12.5. The van der Waals surface area contributed by atoms with Gasteiger partial charge in [0.05, 0.1) is 12.2 Å². The molecule has 0 bridgehead atoms. The highest BCUT2D eigenvalue weighted by atomic mass is 35.5. The molecule has 2 aliphatic heterocycles. The molecule has 2 unspecified atom stereocenters. The molecule has 1 amide bonds. The first-order chi connectivity index (χ1) is 11.5. The lowest BCUT2D eigenvalue weighted by Crippen LogP contribution is -2.49. The van der Waals surface area contributed by atoms with E-state index in [0.29, 0.717) is 30.5 Å². The summed E-state index contributed by atoms with van der Waals surface area (Å²) in [5.41, 5.74) is 6.12. The van der Waals surface area contributed by atoms with Crippen molar-refractivity contribution in [2.75, 3.05) is 32.7 Å². The average Bonchev–Trinajstić information content (AvgIpc) is 2.92. The smallest absolute Gasteiger partial charge is 0.222 e. The molecule has 2 saturated heterocycles. The third-order valence-corrected chi connectivity index (χ3v) is 6.13. The molecule has 3 aliphatic rings. The van der Waals surface area contributed by atoms with Gasteiger partial charge >= 0.3 is 0 Å². The molecule has 3 rings (SSSR count). The van der Waals surface area contributed by atoms with E-state index in [0.717, 1.165) is 64.3 Å². The molecule has 0 aromatic heterocycles. The van der Waals surface area contributed by atoms with Crippen molar-refractivity contribution < 1.29 is 9.53 Å². The molecule has 4 atom stereocenters. The molecular formula is C19H37Cl2N3O2. The number of ether oxygens (including phenoxy) is 1. The van der Waals surface area contributed by atoms with Crippen molar-refractivity contribution >= 4 is 30.7 Å².